The van der Waals surface area contributed by atoms with Gasteiger partial charge in [0.15, 0.2) is 0 Å². The number of carbonyl (C=O) groups is 1. The van der Waals surface area contributed by atoms with Crippen molar-refractivity contribution >= 4 is 39.1 Å². The van der Waals surface area contributed by atoms with Crippen LogP contribution in [-0.2, 0) is 14.8 Å². The first-order valence-corrected chi connectivity index (χ1v) is 11.0. The van der Waals surface area contributed by atoms with E-state index in [2.05, 4.69) is 0 Å². The molecule has 0 saturated carbocycles. The van der Waals surface area contributed by atoms with Gasteiger partial charge in [0.05, 0.1) is 23.1 Å². The summed E-state index contributed by atoms with van der Waals surface area (Å²) >= 11 is 12.1. The highest BCUT2D eigenvalue weighted by molar-refractivity contribution is 7.89. The summed E-state index contributed by atoms with van der Waals surface area (Å²) in [6.45, 7) is 1.28. The van der Waals surface area contributed by atoms with Gasteiger partial charge in [0, 0.05) is 26.2 Å². The van der Waals surface area contributed by atoms with E-state index < -0.39 is 10.0 Å². The minimum atomic E-state index is -3.82. The number of rotatable bonds is 6. The van der Waals surface area contributed by atoms with Crippen molar-refractivity contribution in [1.29, 1.82) is 0 Å². The lowest BCUT2D eigenvalue weighted by molar-refractivity contribution is -0.132. The molecular weight excluding hydrogens is 423 g/mol. The summed E-state index contributed by atoms with van der Waals surface area (Å²) in [5.41, 5.74) is 0. The van der Waals surface area contributed by atoms with Gasteiger partial charge < -0.3 is 9.64 Å². The number of ether oxygens (including phenoxy) is 1. The molecule has 0 aliphatic carbocycles. The second kappa shape index (κ2) is 9.13. The average Bonchev–Trinajstić information content (AvgIpc) is 2.68. The minimum absolute atomic E-state index is 0.0660. The normalized spacial score (nSPS) is 15.4. The van der Waals surface area contributed by atoms with Crippen LogP contribution >= 0.6 is 23.2 Å². The number of carbonyl (C=O) groups excluding carboxylic acids is 1. The number of hydrogen-bond acceptors (Lipinski definition) is 4. The molecular formula is C19H20Cl2N2O4S. The number of amides is 1. The minimum Gasteiger partial charge on any atom is -0.493 e. The van der Waals surface area contributed by atoms with Crippen LogP contribution in [0.4, 0.5) is 0 Å². The first kappa shape index (κ1) is 20.9. The molecule has 0 aromatic heterocycles. The van der Waals surface area contributed by atoms with Gasteiger partial charge in [0.25, 0.3) is 0 Å². The van der Waals surface area contributed by atoms with Crippen molar-refractivity contribution in [2.75, 3.05) is 32.8 Å². The van der Waals surface area contributed by atoms with Crippen LogP contribution in [0.2, 0.25) is 10.0 Å². The van der Waals surface area contributed by atoms with Crippen molar-refractivity contribution in [2.45, 2.75) is 11.3 Å². The lowest BCUT2D eigenvalue weighted by Gasteiger charge is -2.34. The van der Waals surface area contributed by atoms with Crippen LogP contribution < -0.4 is 4.74 Å². The van der Waals surface area contributed by atoms with Crippen molar-refractivity contribution in [3.05, 3.63) is 58.6 Å². The molecule has 1 fully saturated rings. The first-order valence-electron chi connectivity index (χ1n) is 8.79. The molecule has 1 aliphatic heterocycles. The van der Waals surface area contributed by atoms with Gasteiger partial charge in [-0.2, -0.15) is 4.31 Å². The second-order valence-corrected chi connectivity index (χ2v) is 8.94. The fraction of sp³-hybridized carbons (Fsp3) is 0.316. The summed E-state index contributed by atoms with van der Waals surface area (Å²) in [6, 6.07) is 13.9. The molecule has 2 aromatic carbocycles. The summed E-state index contributed by atoms with van der Waals surface area (Å²) in [5, 5.41) is 0.174. The molecule has 0 unspecified atom stereocenters. The quantitative estimate of drug-likeness (QED) is 0.687. The van der Waals surface area contributed by atoms with E-state index in [1.54, 1.807) is 11.0 Å². The van der Waals surface area contributed by atoms with E-state index in [1.165, 1.54) is 16.4 Å². The summed E-state index contributed by atoms with van der Waals surface area (Å²) in [5.74, 6) is 0.645. The molecule has 28 heavy (non-hydrogen) atoms. The van der Waals surface area contributed by atoms with Gasteiger partial charge in [0.1, 0.15) is 10.6 Å². The van der Waals surface area contributed by atoms with Crippen LogP contribution in [0, 0.1) is 0 Å². The third-order valence-electron chi connectivity index (χ3n) is 4.44. The van der Waals surface area contributed by atoms with Gasteiger partial charge in [0.2, 0.25) is 15.9 Å². The fourth-order valence-corrected chi connectivity index (χ4v) is 5.48. The largest absolute Gasteiger partial charge is 0.493 e. The van der Waals surface area contributed by atoms with Gasteiger partial charge >= 0.3 is 0 Å². The predicted octanol–water partition coefficient (Wildman–Crippen LogP) is 3.30. The lowest BCUT2D eigenvalue weighted by Crippen LogP contribution is -2.50. The van der Waals surface area contributed by atoms with Crippen LogP contribution in [0.15, 0.2) is 53.4 Å². The molecule has 0 spiro atoms. The first-order chi connectivity index (χ1) is 13.4. The van der Waals surface area contributed by atoms with Crippen molar-refractivity contribution in [3.8, 4) is 5.75 Å². The molecule has 1 heterocycles. The van der Waals surface area contributed by atoms with Gasteiger partial charge in [-0.3, -0.25) is 4.79 Å². The Balaban J connectivity index is 1.54. The number of nitrogens with zero attached hydrogens (tertiary/aromatic N) is 2. The highest BCUT2D eigenvalue weighted by Gasteiger charge is 2.32. The Hall–Kier alpha value is -1.80. The lowest BCUT2D eigenvalue weighted by atomic mass is 10.3. The Bertz CT molecular complexity index is 910. The average molecular weight is 443 g/mol. The Kier molecular flexibility index (Phi) is 6.82. The summed E-state index contributed by atoms with van der Waals surface area (Å²) in [4.78, 5) is 13.9. The summed E-state index contributed by atoms with van der Waals surface area (Å²) in [6.07, 6.45) is 0.234. The Labute approximate surface area is 174 Å². The van der Waals surface area contributed by atoms with E-state index in [4.69, 9.17) is 27.9 Å². The summed E-state index contributed by atoms with van der Waals surface area (Å²) in [7, 11) is -3.82. The molecule has 2 aromatic rings. The topological polar surface area (TPSA) is 66.9 Å². The van der Waals surface area contributed by atoms with Crippen LogP contribution in [0.3, 0.4) is 0 Å². The highest BCUT2D eigenvalue weighted by Crippen LogP contribution is 2.31. The Morgan fingerprint density at radius 2 is 1.54 bits per heavy atom. The molecule has 6 nitrogen and oxygen atoms in total. The van der Waals surface area contributed by atoms with E-state index in [9.17, 15) is 13.2 Å². The van der Waals surface area contributed by atoms with Gasteiger partial charge in [-0.15, -0.1) is 0 Å². The molecule has 0 bridgehead atoms. The Morgan fingerprint density at radius 3 is 2.14 bits per heavy atom. The zero-order valence-corrected chi connectivity index (χ0v) is 17.4. The van der Waals surface area contributed by atoms with Crippen LogP contribution in [0.1, 0.15) is 6.42 Å². The number of para-hydroxylation sites is 1. The SMILES string of the molecule is O=C(CCOc1ccccc1)N1CCN(S(=O)(=O)c2c(Cl)cccc2Cl)CC1. The van der Waals surface area contributed by atoms with Gasteiger partial charge in [-0.25, -0.2) is 8.42 Å². The maximum atomic E-state index is 12.9. The number of benzene rings is 2. The van der Waals surface area contributed by atoms with Crippen molar-refractivity contribution in [3.63, 3.8) is 0 Å². The van der Waals surface area contributed by atoms with E-state index >= 15 is 0 Å². The van der Waals surface area contributed by atoms with Crippen molar-refractivity contribution in [2.24, 2.45) is 0 Å². The Morgan fingerprint density at radius 1 is 0.929 bits per heavy atom. The number of sulfonamides is 1. The molecule has 1 amide bonds. The predicted molar refractivity (Wildman–Crippen MR) is 108 cm³/mol. The summed E-state index contributed by atoms with van der Waals surface area (Å²) < 4.78 is 32.6. The molecule has 1 aliphatic rings. The third kappa shape index (κ3) is 4.78. The van der Waals surface area contributed by atoms with Crippen molar-refractivity contribution in [1.82, 2.24) is 9.21 Å². The van der Waals surface area contributed by atoms with E-state index in [0.29, 0.717) is 18.8 Å². The molecule has 1 saturated heterocycles. The van der Waals surface area contributed by atoms with Crippen molar-refractivity contribution < 1.29 is 17.9 Å². The standard InChI is InChI=1S/C19H20Cl2N2O4S/c20-16-7-4-8-17(21)19(16)28(25,26)23-12-10-22(11-13-23)18(24)9-14-27-15-5-2-1-3-6-15/h1-8H,9-14H2. The second-order valence-electron chi connectivity index (χ2n) is 6.25. The molecule has 150 valence electrons. The zero-order chi connectivity index (χ0) is 20.1. The van der Waals surface area contributed by atoms with Gasteiger partial charge in [-0.1, -0.05) is 47.5 Å². The smallest absolute Gasteiger partial charge is 0.246 e. The van der Waals surface area contributed by atoms with Crippen LogP contribution in [0.5, 0.6) is 5.75 Å². The van der Waals surface area contributed by atoms with E-state index in [-0.39, 0.29) is 47.0 Å². The molecule has 9 heteroatoms. The van der Waals surface area contributed by atoms with E-state index in [0.717, 1.165) is 0 Å². The van der Waals surface area contributed by atoms with Crippen LogP contribution in [0.25, 0.3) is 0 Å². The highest BCUT2D eigenvalue weighted by atomic mass is 35.5. The molecule has 0 atom stereocenters. The molecule has 3 rings (SSSR count). The maximum absolute atomic E-state index is 12.9. The number of hydrogen-bond donors (Lipinski definition) is 0. The van der Waals surface area contributed by atoms with Gasteiger partial charge in [-0.05, 0) is 24.3 Å². The van der Waals surface area contributed by atoms with Crippen LogP contribution in [-0.4, -0.2) is 56.3 Å². The fourth-order valence-electron chi connectivity index (χ4n) is 2.97. The monoisotopic (exact) mass is 442 g/mol. The molecule has 0 N–H and O–H groups in total. The maximum Gasteiger partial charge on any atom is 0.246 e. The number of halogens is 2. The number of piperazine rings is 1. The third-order valence-corrected chi connectivity index (χ3v) is 7.29. The zero-order valence-electron chi connectivity index (χ0n) is 15.1. The van der Waals surface area contributed by atoms with E-state index in [1.807, 2.05) is 30.3 Å². The molecule has 0 radical (unpaired) electrons.